The molecule has 96 valence electrons. The molecule has 0 fully saturated rings. The second kappa shape index (κ2) is 8.20. The van der Waals surface area contributed by atoms with Crippen molar-refractivity contribution in [1.29, 1.82) is 0 Å². The van der Waals surface area contributed by atoms with Crippen LogP contribution in [0.1, 0.15) is 32.4 Å². The van der Waals surface area contributed by atoms with Gasteiger partial charge in [-0.2, -0.15) is 0 Å². The van der Waals surface area contributed by atoms with Crippen LogP contribution in [-0.2, 0) is 6.42 Å². The maximum absolute atomic E-state index is 9.93. The van der Waals surface area contributed by atoms with Gasteiger partial charge >= 0.3 is 0 Å². The van der Waals surface area contributed by atoms with Crippen LogP contribution in [-0.4, -0.2) is 29.3 Å². The van der Waals surface area contributed by atoms with Crippen molar-refractivity contribution in [2.75, 3.05) is 13.1 Å². The molecule has 0 aromatic carbocycles. The molecule has 0 aliphatic rings. The summed E-state index contributed by atoms with van der Waals surface area (Å²) in [5.74, 6) is 0.414. The first-order valence-electron chi connectivity index (χ1n) is 6.56. The third kappa shape index (κ3) is 5.29. The van der Waals surface area contributed by atoms with Gasteiger partial charge in [-0.3, -0.25) is 4.98 Å². The number of nitrogens with zero attached hydrogens (tertiary/aromatic N) is 1. The maximum atomic E-state index is 9.93. The van der Waals surface area contributed by atoms with E-state index in [-0.39, 0.29) is 6.10 Å². The fourth-order valence-corrected chi connectivity index (χ4v) is 2.01. The van der Waals surface area contributed by atoms with E-state index in [9.17, 15) is 5.11 Å². The van der Waals surface area contributed by atoms with Gasteiger partial charge in [0.05, 0.1) is 6.10 Å². The summed E-state index contributed by atoms with van der Waals surface area (Å²) in [5, 5.41) is 13.2. The Balaban J connectivity index is 2.16. The second-order valence-electron chi connectivity index (χ2n) is 4.42. The molecule has 1 aromatic heterocycles. The van der Waals surface area contributed by atoms with Crippen LogP contribution in [0.3, 0.4) is 0 Å². The van der Waals surface area contributed by atoms with E-state index in [1.807, 2.05) is 24.4 Å². The van der Waals surface area contributed by atoms with E-state index in [2.05, 4.69) is 24.1 Å². The van der Waals surface area contributed by atoms with Crippen LogP contribution in [0.15, 0.2) is 24.4 Å². The van der Waals surface area contributed by atoms with Crippen LogP contribution in [0.4, 0.5) is 0 Å². The molecular weight excluding hydrogens is 212 g/mol. The summed E-state index contributed by atoms with van der Waals surface area (Å²) in [7, 11) is 0. The van der Waals surface area contributed by atoms with E-state index >= 15 is 0 Å². The van der Waals surface area contributed by atoms with E-state index in [0.29, 0.717) is 12.5 Å². The molecule has 0 aliphatic heterocycles. The SMILES string of the molecule is CCC(CC)C(O)CNCCc1ccccn1. The number of hydrogen-bond acceptors (Lipinski definition) is 3. The number of aliphatic hydroxyl groups excluding tert-OH is 1. The summed E-state index contributed by atoms with van der Waals surface area (Å²) in [6, 6.07) is 5.95. The van der Waals surface area contributed by atoms with Crippen molar-refractivity contribution < 1.29 is 5.11 Å². The van der Waals surface area contributed by atoms with Gasteiger partial charge in [0.1, 0.15) is 0 Å². The lowest BCUT2D eigenvalue weighted by Crippen LogP contribution is -2.33. The number of hydrogen-bond donors (Lipinski definition) is 2. The van der Waals surface area contributed by atoms with E-state index < -0.39 is 0 Å². The van der Waals surface area contributed by atoms with E-state index in [0.717, 1.165) is 31.5 Å². The Morgan fingerprint density at radius 2 is 2.06 bits per heavy atom. The fraction of sp³-hybridized carbons (Fsp3) is 0.643. The number of aromatic nitrogens is 1. The largest absolute Gasteiger partial charge is 0.392 e. The molecule has 0 bridgehead atoms. The Morgan fingerprint density at radius 1 is 1.29 bits per heavy atom. The minimum atomic E-state index is -0.228. The molecule has 0 saturated carbocycles. The number of pyridine rings is 1. The Bertz CT molecular complexity index is 286. The van der Waals surface area contributed by atoms with Crippen LogP contribution in [0.25, 0.3) is 0 Å². The molecule has 1 unspecified atom stereocenters. The molecule has 1 heterocycles. The van der Waals surface area contributed by atoms with Gasteiger partial charge < -0.3 is 10.4 Å². The molecule has 0 spiro atoms. The van der Waals surface area contributed by atoms with Crippen molar-refractivity contribution in [3.63, 3.8) is 0 Å². The zero-order chi connectivity index (χ0) is 12.5. The molecule has 1 rings (SSSR count). The normalized spacial score (nSPS) is 12.9. The molecule has 1 atom stereocenters. The molecule has 0 saturated heterocycles. The van der Waals surface area contributed by atoms with Gasteiger partial charge in [0, 0.05) is 31.4 Å². The third-order valence-corrected chi connectivity index (χ3v) is 3.23. The molecule has 3 nitrogen and oxygen atoms in total. The zero-order valence-electron chi connectivity index (χ0n) is 10.9. The lowest BCUT2D eigenvalue weighted by molar-refractivity contribution is 0.102. The fourth-order valence-electron chi connectivity index (χ4n) is 2.01. The number of nitrogens with one attached hydrogen (secondary N) is 1. The predicted molar refractivity (Wildman–Crippen MR) is 70.9 cm³/mol. The average molecular weight is 236 g/mol. The van der Waals surface area contributed by atoms with Crippen LogP contribution in [0.2, 0.25) is 0 Å². The minimum Gasteiger partial charge on any atom is -0.392 e. The molecular formula is C14H24N2O. The van der Waals surface area contributed by atoms with Gasteiger partial charge in [-0.15, -0.1) is 0 Å². The van der Waals surface area contributed by atoms with Gasteiger partial charge in [0.2, 0.25) is 0 Å². The molecule has 1 aromatic rings. The first-order chi connectivity index (χ1) is 8.27. The third-order valence-electron chi connectivity index (χ3n) is 3.23. The van der Waals surface area contributed by atoms with Gasteiger partial charge in [-0.05, 0) is 18.1 Å². The first-order valence-corrected chi connectivity index (χ1v) is 6.56. The van der Waals surface area contributed by atoms with Crippen LogP contribution in [0.5, 0.6) is 0 Å². The Hall–Kier alpha value is -0.930. The quantitative estimate of drug-likeness (QED) is 0.679. The Morgan fingerprint density at radius 3 is 2.65 bits per heavy atom. The number of rotatable bonds is 8. The standard InChI is InChI=1S/C14H24N2O/c1-3-12(4-2)14(17)11-15-10-8-13-7-5-6-9-16-13/h5-7,9,12,14-15,17H,3-4,8,10-11H2,1-2H3. The maximum Gasteiger partial charge on any atom is 0.0692 e. The Kier molecular flexibility index (Phi) is 6.82. The zero-order valence-corrected chi connectivity index (χ0v) is 10.9. The molecule has 0 amide bonds. The van der Waals surface area contributed by atoms with Gasteiger partial charge in [-0.25, -0.2) is 0 Å². The highest BCUT2D eigenvalue weighted by Crippen LogP contribution is 2.12. The minimum absolute atomic E-state index is 0.228. The highest BCUT2D eigenvalue weighted by molar-refractivity contribution is 5.03. The summed E-state index contributed by atoms with van der Waals surface area (Å²) >= 11 is 0. The summed E-state index contributed by atoms with van der Waals surface area (Å²) in [5.41, 5.74) is 1.09. The summed E-state index contributed by atoms with van der Waals surface area (Å²) in [4.78, 5) is 4.26. The van der Waals surface area contributed by atoms with Crippen LogP contribution < -0.4 is 5.32 Å². The molecule has 0 aliphatic carbocycles. The second-order valence-corrected chi connectivity index (χ2v) is 4.42. The first kappa shape index (κ1) is 14.1. The molecule has 17 heavy (non-hydrogen) atoms. The van der Waals surface area contributed by atoms with Crippen LogP contribution in [0, 0.1) is 5.92 Å². The van der Waals surface area contributed by atoms with Crippen molar-refractivity contribution in [3.8, 4) is 0 Å². The van der Waals surface area contributed by atoms with Gasteiger partial charge in [0.15, 0.2) is 0 Å². The molecule has 3 heteroatoms. The number of aliphatic hydroxyl groups is 1. The molecule has 0 radical (unpaired) electrons. The average Bonchev–Trinajstić information content (AvgIpc) is 2.37. The smallest absolute Gasteiger partial charge is 0.0692 e. The monoisotopic (exact) mass is 236 g/mol. The van der Waals surface area contributed by atoms with E-state index in [4.69, 9.17) is 0 Å². The Labute approximate surface area is 104 Å². The lowest BCUT2D eigenvalue weighted by Gasteiger charge is -2.20. The van der Waals surface area contributed by atoms with E-state index in [1.54, 1.807) is 0 Å². The van der Waals surface area contributed by atoms with Crippen molar-refractivity contribution in [2.24, 2.45) is 5.92 Å². The summed E-state index contributed by atoms with van der Waals surface area (Å²) < 4.78 is 0. The van der Waals surface area contributed by atoms with E-state index in [1.165, 1.54) is 0 Å². The lowest BCUT2D eigenvalue weighted by atomic mass is 9.96. The highest BCUT2D eigenvalue weighted by atomic mass is 16.3. The van der Waals surface area contributed by atoms with Crippen LogP contribution >= 0.6 is 0 Å². The summed E-state index contributed by atoms with van der Waals surface area (Å²) in [6.07, 6.45) is 4.58. The van der Waals surface area contributed by atoms with Crippen molar-refractivity contribution in [2.45, 2.75) is 39.2 Å². The summed E-state index contributed by atoms with van der Waals surface area (Å²) in [6.45, 7) is 5.81. The van der Waals surface area contributed by atoms with Gasteiger partial charge in [-0.1, -0.05) is 32.8 Å². The van der Waals surface area contributed by atoms with Gasteiger partial charge in [0.25, 0.3) is 0 Å². The van der Waals surface area contributed by atoms with Crippen molar-refractivity contribution >= 4 is 0 Å². The predicted octanol–water partition coefficient (Wildman–Crippen LogP) is 2.01. The topological polar surface area (TPSA) is 45.1 Å². The molecule has 2 N–H and O–H groups in total. The highest BCUT2D eigenvalue weighted by Gasteiger charge is 2.14. The van der Waals surface area contributed by atoms with Crippen molar-refractivity contribution in [1.82, 2.24) is 10.3 Å². The van der Waals surface area contributed by atoms with Crippen molar-refractivity contribution in [3.05, 3.63) is 30.1 Å².